The largest absolute Gasteiger partial charge is 0.481 e. The Balaban J connectivity index is 1.35. The normalized spacial score (nSPS) is 23.7. The monoisotopic (exact) mass is 771 g/mol. The Bertz CT molecular complexity index is 1780. The zero-order valence-corrected chi connectivity index (χ0v) is 31.8. The van der Waals surface area contributed by atoms with E-state index in [1.54, 1.807) is 19.1 Å². The molecule has 4 amide bonds. The number of carbonyl (C=O) groups excluding carboxylic acids is 5. The SMILES string of the molecule is C/C=C/C[C@@H]1NC(=O)C2CCCN2C(=O)[C@@H](NC(=O)OCC2c3ccccc3-c3ccccc32)CCCC[C@@H](C(=O)O)CC(=O)[C@H](CCCN=C(N)N)NC1=O. The second kappa shape index (κ2) is 19.7. The van der Waals surface area contributed by atoms with E-state index in [4.69, 9.17) is 16.2 Å². The lowest BCUT2D eigenvalue weighted by Gasteiger charge is -2.30. The first kappa shape index (κ1) is 41.4. The summed E-state index contributed by atoms with van der Waals surface area (Å²) in [5.41, 5.74) is 15.1. The Morgan fingerprint density at radius 2 is 1.59 bits per heavy atom. The van der Waals surface area contributed by atoms with Crippen LogP contribution in [0.1, 0.15) is 88.2 Å². The molecule has 300 valence electrons. The molecular formula is C41H53N7O8. The molecule has 0 radical (unpaired) electrons. The third-order valence-electron chi connectivity index (χ3n) is 10.8. The number of carbonyl (C=O) groups is 6. The number of Topliss-reactive ketones (excluding diaryl/α,β-unsaturated/α-hetero) is 1. The summed E-state index contributed by atoms with van der Waals surface area (Å²) in [7, 11) is 0. The fourth-order valence-corrected chi connectivity index (χ4v) is 7.84. The summed E-state index contributed by atoms with van der Waals surface area (Å²) in [6, 6.07) is 11.8. The van der Waals surface area contributed by atoms with Crippen LogP contribution < -0.4 is 27.4 Å². The van der Waals surface area contributed by atoms with E-state index in [0.29, 0.717) is 32.1 Å². The van der Waals surface area contributed by atoms with Crippen molar-refractivity contribution in [3.8, 4) is 11.1 Å². The van der Waals surface area contributed by atoms with Gasteiger partial charge in [-0.05, 0) is 74.1 Å². The van der Waals surface area contributed by atoms with E-state index in [1.807, 2.05) is 48.5 Å². The van der Waals surface area contributed by atoms with Gasteiger partial charge in [-0.3, -0.25) is 29.0 Å². The van der Waals surface area contributed by atoms with Crippen LogP contribution in [0.4, 0.5) is 4.79 Å². The van der Waals surface area contributed by atoms with Gasteiger partial charge < -0.3 is 42.2 Å². The number of ketones is 1. The van der Waals surface area contributed by atoms with Crippen molar-refractivity contribution in [3.05, 3.63) is 71.8 Å². The molecule has 1 aliphatic carbocycles. The maximum atomic E-state index is 14.2. The average Bonchev–Trinajstić information content (AvgIpc) is 3.80. The first-order chi connectivity index (χ1) is 27.0. The number of fused-ring (bicyclic) bond motifs is 4. The number of alkyl carbamates (subject to hydrolysis) is 1. The number of rotatable bonds is 10. The van der Waals surface area contributed by atoms with E-state index in [1.165, 1.54) is 4.90 Å². The van der Waals surface area contributed by atoms with Gasteiger partial charge in [-0.25, -0.2) is 4.79 Å². The summed E-state index contributed by atoms with van der Waals surface area (Å²) >= 11 is 0. The van der Waals surface area contributed by atoms with Crippen molar-refractivity contribution in [2.24, 2.45) is 22.4 Å². The molecule has 8 N–H and O–H groups in total. The summed E-state index contributed by atoms with van der Waals surface area (Å²) in [6.07, 6.45) is 4.68. The average molecular weight is 772 g/mol. The number of carboxylic acids is 1. The highest BCUT2D eigenvalue weighted by atomic mass is 16.5. The molecule has 5 rings (SSSR count). The number of aliphatic carboxylic acids is 1. The molecule has 1 unspecified atom stereocenters. The van der Waals surface area contributed by atoms with Gasteiger partial charge in [0.25, 0.3) is 0 Å². The quantitative estimate of drug-likeness (QED) is 0.0894. The number of benzene rings is 2. The Morgan fingerprint density at radius 3 is 2.25 bits per heavy atom. The van der Waals surface area contributed by atoms with Crippen LogP contribution in [0.5, 0.6) is 0 Å². The van der Waals surface area contributed by atoms with Gasteiger partial charge >= 0.3 is 12.1 Å². The smallest absolute Gasteiger partial charge is 0.407 e. The summed E-state index contributed by atoms with van der Waals surface area (Å²) in [4.78, 5) is 86.5. The van der Waals surface area contributed by atoms with Gasteiger partial charge in [-0.1, -0.05) is 73.5 Å². The standard InChI is InChI=1S/C41H53N7O8/c1-2-3-17-32-36(50)45-31(19-10-21-44-40(42)43)35(49)23-25(39(53)54)12-4-9-18-33(38(52)48-22-11-20-34(48)37(51)46-32)47-41(55)56-24-30-28-15-7-5-13-26(28)27-14-6-8-16-29(27)30/h2-3,5-8,13-16,25,30-34H,4,9-12,17-24H2,1H3,(H,45,50)(H,46,51)(H,47,55)(H,53,54)(H4,42,43,44)/b3-2+/t25-,31+,32+,33+,34?/m1/s1. The van der Waals surface area contributed by atoms with Crippen LogP contribution in [-0.4, -0.2) is 95.4 Å². The first-order valence-corrected chi connectivity index (χ1v) is 19.4. The summed E-state index contributed by atoms with van der Waals surface area (Å²) in [5.74, 6) is -4.64. The number of hydrogen-bond acceptors (Lipinski definition) is 8. The van der Waals surface area contributed by atoms with Gasteiger partial charge in [0, 0.05) is 25.4 Å². The molecular weight excluding hydrogens is 718 g/mol. The molecule has 15 nitrogen and oxygen atoms in total. The van der Waals surface area contributed by atoms with Crippen LogP contribution in [0.15, 0.2) is 65.7 Å². The first-order valence-electron chi connectivity index (χ1n) is 19.4. The van der Waals surface area contributed by atoms with Crippen molar-refractivity contribution >= 4 is 41.5 Å². The highest BCUT2D eigenvalue weighted by Gasteiger charge is 2.40. The summed E-state index contributed by atoms with van der Waals surface area (Å²) in [6.45, 7) is 2.26. The molecule has 15 heteroatoms. The van der Waals surface area contributed by atoms with Crippen molar-refractivity contribution in [2.45, 2.75) is 101 Å². The fraction of sp³-hybridized carbons (Fsp3) is 0.488. The van der Waals surface area contributed by atoms with E-state index >= 15 is 0 Å². The van der Waals surface area contributed by atoms with Crippen molar-refractivity contribution < 1.29 is 38.6 Å². The molecule has 0 bridgehead atoms. The maximum absolute atomic E-state index is 14.2. The third-order valence-corrected chi connectivity index (χ3v) is 10.8. The van der Waals surface area contributed by atoms with E-state index in [2.05, 4.69) is 20.9 Å². The molecule has 2 fully saturated rings. The predicted molar refractivity (Wildman–Crippen MR) is 209 cm³/mol. The van der Waals surface area contributed by atoms with Gasteiger partial charge in [0.05, 0.1) is 12.0 Å². The number of allylic oxidation sites excluding steroid dienone is 1. The number of carboxylic acid groups (broad SMARTS) is 1. The highest BCUT2D eigenvalue weighted by molar-refractivity contribution is 5.96. The lowest BCUT2D eigenvalue weighted by atomic mass is 9.91. The zero-order chi connectivity index (χ0) is 40.2. The van der Waals surface area contributed by atoms with Gasteiger partial charge in [-0.15, -0.1) is 0 Å². The molecule has 56 heavy (non-hydrogen) atoms. The van der Waals surface area contributed by atoms with Crippen LogP contribution in [0, 0.1) is 5.92 Å². The Kier molecular flexibility index (Phi) is 14.6. The molecule has 0 saturated carbocycles. The number of guanidine groups is 1. The van der Waals surface area contributed by atoms with Gasteiger partial charge in [0.15, 0.2) is 11.7 Å². The van der Waals surface area contributed by atoms with Crippen LogP contribution in [0.3, 0.4) is 0 Å². The predicted octanol–water partition coefficient (Wildman–Crippen LogP) is 3.11. The van der Waals surface area contributed by atoms with Crippen molar-refractivity contribution in [1.82, 2.24) is 20.9 Å². The molecule has 0 spiro atoms. The number of hydrogen-bond donors (Lipinski definition) is 6. The molecule has 2 aromatic rings. The van der Waals surface area contributed by atoms with E-state index in [0.717, 1.165) is 22.3 Å². The van der Waals surface area contributed by atoms with Crippen molar-refractivity contribution in [3.63, 3.8) is 0 Å². The van der Waals surface area contributed by atoms with Crippen LogP contribution in [0.2, 0.25) is 0 Å². The van der Waals surface area contributed by atoms with Crippen LogP contribution in [-0.2, 0) is 28.7 Å². The van der Waals surface area contributed by atoms with Gasteiger partial charge in [-0.2, -0.15) is 0 Å². The lowest BCUT2D eigenvalue weighted by Crippen LogP contribution is -2.57. The summed E-state index contributed by atoms with van der Waals surface area (Å²) < 4.78 is 5.77. The lowest BCUT2D eigenvalue weighted by molar-refractivity contribution is -0.144. The van der Waals surface area contributed by atoms with Crippen LogP contribution >= 0.6 is 0 Å². The minimum absolute atomic E-state index is 0.0365. The van der Waals surface area contributed by atoms with E-state index < -0.39 is 65.7 Å². The minimum atomic E-state index is -1.16. The van der Waals surface area contributed by atoms with Crippen molar-refractivity contribution in [2.75, 3.05) is 19.7 Å². The van der Waals surface area contributed by atoms with Crippen molar-refractivity contribution in [1.29, 1.82) is 0 Å². The summed E-state index contributed by atoms with van der Waals surface area (Å²) in [5, 5.41) is 18.4. The number of ether oxygens (including phenoxy) is 1. The molecule has 3 aliphatic rings. The molecule has 2 aliphatic heterocycles. The molecule has 2 aromatic carbocycles. The number of nitrogens with one attached hydrogen (secondary N) is 3. The fourth-order valence-electron chi connectivity index (χ4n) is 7.84. The topological polar surface area (TPSA) is 236 Å². The Morgan fingerprint density at radius 1 is 0.929 bits per heavy atom. The number of nitrogens with two attached hydrogens (primary N) is 2. The number of amides is 4. The maximum Gasteiger partial charge on any atom is 0.407 e. The van der Waals surface area contributed by atoms with Gasteiger partial charge in [0.1, 0.15) is 24.7 Å². The molecule has 2 saturated heterocycles. The Labute approximate surface area is 326 Å². The van der Waals surface area contributed by atoms with Gasteiger partial charge in [0.2, 0.25) is 17.7 Å². The zero-order valence-electron chi connectivity index (χ0n) is 31.8. The van der Waals surface area contributed by atoms with E-state index in [-0.39, 0.29) is 63.7 Å². The second-order valence-electron chi connectivity index (χ2n) is 14.6. The van der Waals surface area contributed by atoms with Crippen LogP contribution in [0.25, 0.3) is 11.1 Å². The number of nitrogens with zero attached hydrogens (tertiary/aromatic N) is 2. The van der Waals surface area contributed by atoms with E-state index in [9.17, 15) is 33.9 Å². The highest BCUT2D eigenvalue weighted by Crippen LogP contribution is 2.44. The Hall–Kier alpha value is -5.73. The molecule has 5 atom stereocenters. The minimum Gasteiger partial charge on any atom is -0.481 e. The molecule has 2 heterocycles. The number of aliphatic imine (C=N–C) groups is 1. The molecule has 0 aromatic heterocycles. The third kappa shape index (κ3) is 10.5. The second-order valence-corrected chi connectivity index (χ2v) is 14.6.